The molecule has 0 fully saturated rings. The Bertz CT molecular complexity index is 765. The number of carbonyl (C=O) groups excluding carboxylic acids is 1. The van der Waals surface area contributed by atoms with Crippen LogP contribution in [0.15, 0.2) is 42.6 Å². The third-order valence-electron chi connectivity index (χ3n) is 3.54. The van der Waals surface area contributed by atoms with E-state index >= 15 is 0 Å². The molecule has 8 nitrogen and oxygen atoms in total. The van der Waals surface area contributed by atoms with Gasteiger partial charge in [-0.25, -0.2) is 9.78 Å². The van der Waals surface area contributed by atoms with E-state index in [9.17, 15) is 9.90 Å². The minimum absolute atomic E-state index is 0.0158. The van der Waals surface area contributed by atoms with Crippen LogP contribution in [-0.4, -0.2) is 34.7 Å². The van der Waals surface area contributed by atoms with E-state index in [1.54, 1.807) is 6.92 Å². The standard InChI is InChI=1S/C18H23N5O3/c1-11(24)10-26-17(20)14-9-21-16(8-15(14)19)23-18(25)22-12(2)13-6-4-3-5-7-13/h3-9,11-12,20,24H,10H2,1-2H3,(H4,19,21,22,23,25). The van der Waals surface area contributed by atoms with Gasteiger partial charge in [-0.15, -0.1) is 0 Å². The molecule has 1 heterocycles. The zero-order valence-corrected chi connectivity index (χ0v) is 14.7. The first-order valence-corrected chi connectivity index (χ1v) is 8.14. The van der Waals surface area contributed by atoms with Gasteiger partial charge in [-0.1, -0.05) is 30.3 Å². The highest BCUT2D eigenvalue weighted by atomic mass is 16.5. The van der Waals surface area contributed by atoms with Crippen LogP contribution >= 0.6 is 0 Å². The van der Waals surface area contributed by atoms with E-state index in [-0.39, 0.29) is 35.6 Å². The van der Waals surface area contributed by atoms with Gasteiger partial charge < -0.3 is 20.9 Å². The number of carbonyl (C=O) groups is 1. The molecule has 138 valence electrons. The van der Waals surface area contributed by atoms with Gasteiger partial charge in [-0.3, -0.25) is 10.7 Å². The summed E-state index contributed by atoms with van der Waals surface area (Å²) in [4.78, 5) is 16.2. The van der Waals surface area contributed by atoms with Crippen molar-refractivity contribution in [1.29, 1.82) is 5.41 Å². The molecule has 0 bridgehead atoms. The summed E-state index contributed by atoms with van der Waals surface area (Å²) in [6, 6.07) is 10.4. The number of rotatable bonds is 6. The fourth-order valence-electron chi connectivity index (χ4n) is 2.18. The van der Waals surface area contributed by atoms with E-state index in [0.29, 0.717) is 0 Å². The Morgan fingerprint density at radius 1 is 1.35 bits per heavy atom. The maximum absolute atomic E-state index is 12.1. The topological polar surface area (TPSA) is 133 Å². The molecule has 1 aromatic carbocycles. The molecule has 0 saturated carbocycles. The maximum atomic E-state index is 12.1. The lowest BCUT2D eigenvalue weighted by molar-refractivity contribution is 0.116. The number of amides is 2. The second-order valence-electron chi connectivity index (χ2n) is 5.88. The number of nitrogens with one attached hydrogen (secondary N) is 3. The molecule has 2 unspecified atom stereocenters. The number of ether oxygens (including phenoxy) is 1. The first-order valence-electron chi connectivity index (χ1n) is 8.14. The zero-order valence-electron chi connectivity index (χ0n) is 14.7. The quantitative estimate of drug-likeness (QED) is 0.399. The average molecular weight is 357 g/mol. The van der Waals surface area contributed by atoms with Gasteiger partial charge in [0.25, 0.3) is 0 Å². The number of anilines is 2. The van der Waals surface area contributed by atoms with Gasteiger partial charge in [0.05, 0.1) is 17.7 Å². The number of nitrogen functional groups attached to an aromatic ring is 1. The molecule has 2 rings (SSSR count). The fraction of sp³-hybridized carbons (Fsp3) is 0.278. The van der Waals surface area contributed by atoms with Crippen LogP contribution in [0.25, 0.3) is 0 Å². The second kappa shape index (κ2) is 8.82. The number of nitrogens with zero attached hydrogens (tertiary/aromatic N) is 1. The summed E-state index contributed by atoms with van der Waals surface area (Å²) in [7, 11) is 0. The summed E-state index contributed by atoms with van der Waals surface area (Å²) in [6.45, 7) is 3.41. The number of benzene rings is 1. The van der Waals surface area contributed by atoms with Gasteiger partial charge in [0.2, 0.25) is 5.90 Å². The molecule has 0 saturated heterocycles. The van der Waals surface area contributed by atoms with Gasteiger partial charge in [-0.05, 0) is 19.4 Å². The number of hydrogen-bond donors (Lipinski definition) is 5. The number of pyridine rings is 1. The Labute approximate surface area is 151 Å². The van der Waals surface area contributed by atoms with Crippen LogP contribution in [0.1, 0.15) is 31.0 Å². The summed E-state index contributed by atoms with van der Waals surface area (Å²) < 4.78 is 5.11. The van der Waals surface area contributed by atoms with Gasteiger partial charge >= 0.3 is 6.03 Å². The molecule has 1 aromatic heterocycles. The van der Waals surface area contributed by atoms with Crippen molar-refractivity contribution in [1.82, 2.24) is 10.3 Å². The molecular weight excluding hydrogens is 334 g/mol. The van der Waals surface area contributed by atoms with Crippen molar-refractivity contribution in [2.75, 3.05) is 17.7 Å². The maximum Gasteiger partial charge on any atom is 0.320 e. The van der Waals surface area contributed by atoms with Gasteiger partial charge in [0.15, 0.2) is 0 Å². The molecule has 0 radical (unpaired) electrons. The highest BCUT2D eigenvalue weighted by Crippen LogP contribution is 2.17. The van der Waals surface area contributed by atoms with E-state index in [2.05, 4.69) is 15.6 Å². The SMILES string of the molecule is CC(O)COC(=N)c1cnc(NC(=O)NC(C)c2ccccc2)cc1N. The third kappa shape index (κ3) is 5.45. The number of nitrogens with two attached hydrogens (primary N) is 1. The lowest BCUT2D eigenvalue weighted by atomic mass is 10.1. The predicted molar refractivity (Wildman–Crippen MR) is 100 cm³/mol. The highest BCUT2D eigenvalue weighted by Gasteiger charge is 2.13. The third-order valence-corrected chi connectivity index (χ3v) is 3.54. The van der Waals surface area contributed by atoms with Crippen molar-refractivity contribution in [2.24, 2.45) is 0 Å². The molecule has 0 aliphatic carbocycles. The monoisotopic (exact) mass is 357 g/mol. The van der Waals surface area contributed by atoms with E-state index in [0.717, 1.165) is 5.56 Å². The first kappa shape index (κ1) is 19.2. The molecule has 26 heavy (non-hydrogen) atoms. The molecule has 6 N–H and O–H groups in total. The van der Waals surface area contributed by atoms with Crippen molar-refractivity contribution >= 4 is 23.4 Å². The Balaban J connectivity index is 1.96. The van der Waals surface area contributed by atoms with E-state index < -0.39 is 12.1 Å². The van der Waals surface area contributed by atoms with Gasteiger partial charge in [0.1, 0.15) is 12.4 Å². The van der Waals surface area contributed by atoms with E-state index in [4.69, 9.17) is 15.9 Å². The summed E-state index contributed by atoms with van der Waals surface area (Å²) in [6.07, 6.45) is 0.649. The minimum atomic E-state index is -0.694. The number of aliphatic hydroxyl groups is 1. The van der Waals surface area contributed by atoms with E-state index in [1.807, 2.05) is 37.3 Å². The van der Waals surface area contributed by atoms with Crippen LogP contribution in [0.5, 0.6) is 0 Å². The molecule has 2 amide bonds. The van der Waals surface area contributed by atoms with Crippen molar-refractivity contribution in [3.63, 3.8) is 0 Å². The second-order valence-corrected chi connectivity index (χ2v) is 5.88. The molecule has 0 aliphatic rings. The summed E-state index contributed by atoms with van der Waals surface area (Å²) in [5, 5.41) is 22.4. The lowest BCUT2D eigenvalue weighted by Crippen LogP contribution is -2.31. The first-order chi connectivity index (χ1) is 12.4. The lowest BCUT2D eigenvalue weighted by Gasteiger charge is -2.15. The number of hydrogen-bond acceptors (Lipinski definition) is 6. The van der Waals surface area contributed by atoms with E-state index in [1.165, 1.54) is 12.3 Å². The Kier molecular flexibility index (Phi) is 6.51. The summed E-state index contributed by atoms with van der Waals surface area (Å²) in [5.41, 5.74) is 7.41. The average Bonchev–Trinajstić information content (AvgIpc) is 2.60. The van der Waals surface area contributed by atoms with Crippen molar-refractivity contribution in [2.45, 2.75) is 26.0 Å². The normalized spacial score (nSPS) is 12.7. The van der Waals surface area contributed by atoms with Crippen LogP contribution in [0.2, 0.25) is 0 Å². The smallest absolute Gasteiger partial charge is 0.320 e. The fourth-order valence-corrected chi connectivity index (χ4v) is 2.18. The van der Waals surface area contributed by atoms with Gasteiger partial charge in [0, 0.05) is 18.0 Å². The van der Waals surface area contributed by atoms with Crippen molar-refractivity contribution in [3.05, 3.63) is 53.7 Å². The van der Waals surface area contributed by atoms with Crippen LogP contribution in [0.4, 0.5) is 16.3 Å². The number of aliphatic hydroxyl groups excluding tert-OH is 1. The van der Waals surface area contributed by atoms with Crippen molar-refractivity contribution in [3.8, 4) is 0 Å². The Morgan fingerprint density at radius 3 is 2.65 bits per heavy atom. The Morgan fingerprint density at radius 2 is 2.04 bits per heavy atom. The summed E-state index contributed by atoms with van der Waals surface area (Å²) in [5.74, 6) is 0.0666. The molecule has 2 aromatic rings. The molecule has 0 aliphatic heterocycles. The molecule has 0 spiro atoms. The van der Waals surface area contributed by atoms with Crippen LogP contribution < -0.4 is 16.4 Å². The number of aromatic nitrogens is 1. The zero-order chi connectivity index (χ0) is 19.1. The van der Waals surface area contributed by atoms with Gasteiger partial charge in [-0.2, -0.15) is 0 Å². The van der Waals surface area contributed by atoms with Crippen LogP contribution in [0, 0.1) is 5.41 Å². The molecular formula is C18H23N5O3. The largest absolute Gasteiger partial charge is 0.475 e. The van der Waals surface area contributed by atoms with Crippen molar-refractivity contribution < 1.29 is 14.6 Å². The highest BCUT2D eigenvalue weighted by molar-refractivity contribution is 5.97. The number of urea groups is 1. The predicted octanol–water partition coefficient (Wildman–Crippen LogP) is 2.27. The minimum Gasteiger partial charge on any atom is -0.475 e. The molecule has 8 heteroatoms. The van der Waals surface area contributed by atoms with Crippen LogP contribution in [0.3, 0.4) is 0 Å². The summed E-state index contributed by atoms with van der Waals surface area (Å²) >= 11 is 0. The Hall–Kier alpha value is -3.13. The van der Waals surface area contributed by atoms with Crippen LogP contribution in [-0.2, 0) is 4.74 Å². The molecule has 2 atom stereocenters.